The van der Waals surface area contributed by atoms with Gasteiger partial charge in [-0.25, -0.2) is 18.4 Å². The number of benzene rings is 2. The lowest BCUT2D eigenvalue weighted by Gasteiger charge is -2.26. The van der Waals surface area contributed by atoms with Crippen LogP contribution in [0.4, 0.5) is 5.69 Å². The maximum absolute atomic E-state index is 13.2. The fourth-order valence-electron chi connectivity index (χ4n) is 4.59. The summed E-state index contributed by atoms with van der Waals surface area (Å²) in [5.74, 6) is 5.80. The third kappa shape index (κ3) is 11.4. The molecule has 2 aromatic carbocycles. The molecule has 4 rings (SSSR count). The first-order valence-electron chi connectivity index (χ1n) is 15.3. The number of fused-ring (bicyclic) bond motifs is 2. The average Bonchev–Trinajstić information content (AvgIpc) is 3.06. The summed E-state index contributed by atoms with van der Waals surface area (Å²) in [6.07, 6.45) is 4.28. The van der Waals surface area contributed by atoms with Gasteiger partial charge >= 0.3 is 0 Å². The van der Waals surface area contributed by atoms with Crippen molar-refractivity contribution in [1.29, 1.82) is 0 Å². The molecule has 1 N–H and O–H groups in total. The second-order valence-corrected chi connectivity index (χ2v) is 12.6. The van der Waals surface area contributed by atoms with Gasteiger partial charge in [0, 0.05) is 62.2 Å². The van der Waals surface area contributed by atoms with E-state index >= 15 is 0 Å². The number of rotatable bonds is 18. The van der Waals surface area contributed by atoms with Crippen molar-refractivity contribution in [2.24, 2.45) is 0 Å². The molecule has 0 radical (unpaired) electrons. The van der Waals surface area contributed by atoms with E-state index in [4.69, 9.17) is 14.2 Å². The monoisotopic (exact) mass is 662 g/mol. The Bertz CT molecular complexity index is 1700. The molecule has 2 heterocycles. The molecule has 248 valence electrons. The van der Waals surface area contributed by atoms with Gasteiger partial charge in [0.05, 0.1) is 50.8 Å². The number of anilines is 1. The number of hydrogen-bond donors (Lipinski definition) is 1. The van der Waals surface area contributed by atoms with Gasteiger partial charge in [0.15, 0.2) is 5.78 Å². The Morgan fingerprint density at radius 3 is 2.15 bits per heavy atom. The lowest BCUT2D eigenvalue weighted by molar-refractivity contribution is -0.125. The second-order valence-electron chi connectivity index (χ2n) is 10.6. The quantitative estimate of drug-likeness (QED) is 0.0931. The molecule has 1 aliphatic heterocycles. The van der Waals surface area contributed by atoms with Crippen LogP contribution in [0.5, 0.6) is 0 Å². The number of nitrogens with one attached hydrogen (secondary N) is 1. The van der Waals surface area contributed by atoms with Crippen LogP contribution < -0.4 is 10.2 Å². The minimum absolute atomic E-state index is 0.0645. The predicted octanol–water partition coefficient (Wildman–Crippen LogP) is 2.74. The van der Waals surface area contributed by atoms with Crippen molar-refractivity contribution >= 4 is 33.1 Å². The summed E-state index contributed by atoms with van der Waals surface area (Å²) >= 11 is 0. The standard InChI is InChI=1S/C34H38N4O8S/c1-47(42,43)34-36-23-29(24-37-34)31(39)11-6-17-44-19-21-46-22-20-45-18-16-35-32(40)14-15-33(41)38-25-28-9-3-2-7-26(28)12-13-27-8-4-5-10-30(27)38/h2-5,7-10,23-24H,6,11,14-22,25H2,1H3,(H,35,40). The number of ketones is 1. The van der Waals surface area contributed by atoms with Crippen LogP contribution in [0.3, 0.4) is 0 Å². The van der Waals surface area contributed by atoms with Gasteiger partial charge in [0.2, 0.25) is 26.8 Å². The molecule has 0 unspecified atom stereocenters. The normalized spacial score (nSPS) is 12.1. The summed E-state index contributed by atoms with van der Waals surface area (Å²) in [6.45, 7) is 2.81. The molecule has 0 aliphatic carbocycles. The molecule has 0 fully saturated rings. The van der Waals surface area contributed by atoms with Crippen LogP contribution in [0.15, 0.2) is 66.1 Å². The Morgan fingerprint density at radius 2 is 1.43 bits per heavy atom. The largest absolute Gasteiger partial charge is 0.379 e. The van der Waals surface area contributed by atoms with Crippen LogP contribution in [0.25, 0.3) is 0 Å². The van der Waals surface area contributed by atoms with E-state index in [-0.39, 0.29) is 47.6 Å². The van der Waals surface area contributed by atoms with Gasteiger partial charge in [0.1, 0.15) is 0 Å². The van der Waals surface area contributed by atoms with Gasteiger partial charge in [-0.1, -0.05) is 42.2 Å². The number of amides is 2. The summed E-state index contributed by atoms with van der Waals surface area (Å²) in [5, 5.41) is 2.47. The van der Waals surface area contributed by atoms with E-state index in [1.165, 1.54) is 12.4 Å². The molecule has 0 saturated carbocycles. The van der Waals surface area contributed by atoms with E-state index in [9.17, 15) is 22.8 Å². The van der Waals surface area contributed by atoms with E-state index in [2.05, 4.69) is 27.1 Å². The van der Waals surface area contributed by atoms with E-state index in [0.717, 1.165) is 28.6 Å². The summed E-state index contributed by atoms with van der Waals surface area (Å²) in [7, 11) is -3.51. The fraction of sp³-hybridized carbons (Fsp3) is 0.382. The van der Waals surface area contributed by atoms with Crippen molar-refractivity contribution in [2.75, 3.05) is 57.3 Å². The number of ether oxygens (including phenoxy) is 3. The van der Waals surface area contributed by atoms with E-state index in [1.807, 2.05) is 48.5 Å². The predicted molar refractivity (Wildman–Crippen MR) is 173 cm³/mol. The highest BCUT2D eigenvalue weighted by Gasteiger charge is 2.21. The number of para-hydroxylation sites is 1. The number of carbonyl (C=O) groups is 3. The number of nitrogens with zero attached hydrogens (tertiary/aromatic N) is 3. The molecule has 0 spiro atoms. The van der Waals surface area contributed by atoms with Crippen LogP contribution in [-0.2, 0) is 40.2 Å². The van der Waals surface area contributed by atoms with Crippen molar-refractivity contribution in [3.05, 3.63) is 83.2 Å². The van der Waals surface area contributed by atoms with Crippen molar-refractivity contribution in [3.63, 3.8) is 0 Å². The summed E-state index contributed by atoms with van der Waals surface area (Å²) < 4.78 is 39.2. The number of aromatic nitrogens is 2. The van der Waals surface area contributed by atoms with Gasteiger partial charge in [-0.05, 0) is 30.2 Å². The van der Waals surface area contributed by atoms with Crippen LogP contribution in [0.2, 0.25) is 0 Å². The third-order valence-electron chi connectivity index (χ3n) is 7.03. The molecule has 1 aromatic heterocycles. The Kier molecular flexibility index (Phi) is 13.6. The molecule has 12 nitrogen and oxygen atoms in total. The lowest BCUT2D eigenvalue weighted by Crippen LogP contribution is -2.34. The van der Waals surface area contributed by atoms with Gasteiger partial charge in [-0.15, -0.1) is 0 Å². The maximum atomic E-state index is 13.2. The molecule has 2 amide bonds. The van der Waals surface area contributed by atoms with E-state index in [1.54, 1.807) is 4.90 Å². The first kappa shape index (κ1) is 35.4. The molecule has 0 bridgehead atoms. The first-order chi connectivity index (χ1) is 22.7. The highest BCUT2D eigenvalue weighted by molar-refractivity contribution is 7.90. The molecule has 47 heavy (non-hydrogen) atoms. The van der Waals surface area contributed by atoms with Gasteiger partial charge < -0.3 is 24.4 Å². The second kappa shape index (κ2) is 18.0. The van der Waals surface area contributed by atoms with Gasteiger partial charge in [-0.3, -0.25) is 14.4 Å². The van der Waals surface area contributed by atoms with Crippen LogP contribution in [-0.4, -0.2) is 88.4 Å². The summed E-state index contributed by atoms with van der Waals surface area (Å²) in [4.78, 5) is 46.9. The molecule has 3 aromatic rings. The molecular weight excluding hydrogens is 624 g/mol. The zero-order chi connectivity index (χ0) is 33.5. The first-order valence-corrected chi connectivity index (χ1v) is 17.2. The fourth-order valence-corrected chi connectivity index (χ4v) is 5.08. The zero-order valence-corrected chi connectivity index (χ0v) is 27.1. The minimum Gasteiger partial charge on any atom is -0.379 e. The number of sulfone groups is 1. The van der Waals surface area contributed by atoms with E-state index < -0.39 is 9.84 Å². The highest BCUT2D eigenvalue weighted by atomic mass is 32.2. The third-order valence-corrected chi connectivity index (χ3v) is 7.90. The average molecular weight is 663 g/mol. The maximum Gasteiger partial charge on any atom is 0.246 e. The van der Waals surface area contributed by atoms with Crippen molar-refractivity contribution in [3.8, 4) is 11.8 Å². The van der Waals surface area contributed by atoms with Gasteiger partial charge in [0.25, 0.3) is 0 Å². The Labute approximate surface area is 274 Å². The SMILES string of the molecule is CS(=O)(=O)c1ncc(C(=O)CCCOCCOCCOCCNC(=O)CCC(=O)N2Cc3ccccc3C#Cc3ccccc32)cn1. The molecule has 0 atom stereocenters. The number of carbonyl (C=O) groups excluding carboxylic acids is 3. The smallest absolute Gasteiger partial charge is 0.246 e. The highest BCUT2D eigenvalue weighted by Crippen LogP contribution is 2.26. The Balaban J connectivity index is 1.01. The topological polar surface area (TPSA) is 154 Å². The molecule has 0 saturated heterocycles. The van der Waals surface area contributed by atoms with Crippen LogP contribution in [0.1, 0.15) is 52.7 Å². The number of Topliss-reactive ketones (excluding diaryl/α,β-unsaturated/α-hetero) is 1. The van der Waals surface area contributed by atoms with E-state index in [0.29, 0.717) is 59.2 Å². The van der Waals surface area contributed by atoms with Crippen LogP contribution in [0, 0.1) is 11.8 Å². The van der Waals surface area contributed by atoms with Crippen molar-refractivity contribution < 1.29 is 37.0 Å². The summed E-state index contributed by atoms with van der Waals surface area (Å²) in [6, 6.07) is 15.3. The van der Waals surface area contributed by atoms with Gasteiger partial charge in [-0.2, -0.15) is 0 Å². The Hall–Kier alpha value is -4.48. The Morgan fingerprint density at radius 1 is 0.809 bits per heavy atom. The van der Waals surface area contributed by atoms with Crippen molar-refractivity contribution in [1.82, 2.24) is 15.3 Å². The van der Waals surface area contributed by atoms with Crippen molar-refractivity contribution in [2.45, 2.75) is 37.4 Å². The van der Waals surface area contributed by atoms with Crippen LogP contribution >= 0.6 is 0 Å². The minimum atomic E-state index is -3.51. The zero-order valence-electron chi connectivity index (χ0n) is 26.3. The molecular formula is C34H38N4O8S. The number of hydrogen-bond acceptors (Lipinski definition) is 10. The lowest BCUT2D eigenvalue weighted by atomic mass is 10.0. The molecule has 13 heteroatoms. The molecule has 1 aliphatic rings. The summed E-state index contributed by atoms with van der Waals surface area (Å²) in [5.41, 5.74) is 3.60.